The molecule has 0 heterocycles. The van der Waals surface area contributed by atoms with E-state index in [9.17, 15) is 0 Å². The van der Waals surface area contributed by atoms with Gasteiger partial charge in [-0.15, -0.1) is 0 Å². The van der Waals surface area contributed by atoms with Crippen molar-refractivity contribution in [3.8, 4) is 0 Å². The van der Waals surface area contributed by atoms with Crippen molar-refractivity contribution in [1.29, 1.82) is 0 Å². The predicted molar refractivity (Wildman–Crippen MR) is 89.4 cm³/mol. The number of benzene rings is 2. The van der Waals surface area contributed by atoms with Crippen LogP contribution in [0.3, 0.4) is 0 Å². The monoisotopic (exact) mass is 329 g/mol. The lowest BCUT2D eigenvalue weighted by atomic mass is 10.1. The molecule has 0 unspecified atom stereocenters. The summed E-state index contributed by atoms with van der Waals surface area (Å²) >= 11 is 3.42. The zero-order chi connectivity index (χ0) is 14.5. The van der Waals surface area contributed by atoms with Gasteiger partial charge in [0.25, 0.3) is 0 Å². The molecular weight excluding hydrogens is 314 g/mol. The molecule has 0 aliphatic carbocycles. The van der Waals surface area contributed by atoms with Gasteiger partial charge in [-0.05, 0) is 49.2 Å². The maximum Gasteiger partial charge on any atom is 0.0671 e. The Hall–Kier alpha value is -1.94. The first-order valence-corrected chi connectivity index (χ1v) is 7.06. The van der Waals surface area contributed by atoms with Crippen molar-refractivity contribution < 1.29 is 0 Å². The molecule has 0 bridgehead atoms. The number of halogens is 1. The van der Waals surface area contributed by atoms with Crippen molar-refractivity contribution in [3.63, 3.8) is 0 Å². The van der Waals surface area contributed by atoms with E-state index in [4.69, 9.17) is 5.73 Å². The van der Waals surface area contributed by atoms with E-state index in [0.717, 1.165) is 32.7 Å². The lowest BCUT2D eigenvalue weighted by Gasteiger charge is -2.01. The molecule has 0 fully saturated rings. The summed E-state index contributed by atoms with van der Waals surface area (Å²) in [4.78, 5) is 0. The van der Waals surface area contributed by atoms with E-state index in [2.05, 4.69) is 26.1 Å². The molecule has 3 nitrogen and oxygen atoms in total. The zero-order valence-electron chi connectivity index (χ0n) is 11.5. The molecule has 4 heteroatoms. The minimum Gasteiger partial charge on any atom is -0.399 e. The van der Waals surface area contributed by atoms with Crippen LogP contribution in [0.25, 0.3) is 0 Å². The number of hydrogen-bond acceptors (Lipinski definition) is 3. The highest BCUT2D eigenvalue weighted by Gasteiger charge is 1.99. The quantitative estimate of drug-likeness (QED) is 0.510. The van der Waals surface area contributed by atoms with Crippen molar-refractivity contribution in [1.82, 2.24) is 0 Å². The van der Waals surface area contributed by atoms with Gasteiger partial charge in [0.05, 0.1) is 11.4 Å². The van der Waals surface area contributed by atoms with Crippen LogP contribution in [0.5, 0.6) is 0 Å². The number of nitrogens with two attached hydrogens (primary N) is 1. The molecule has 102 valence electrons. The second kappa shape index (κ2) is 6.48. The van der Waals surface area contributed by atoms with Crippen LogP contribution in [0.4, 0.5) is 5.69 Å². The summed E-state index contributed by atoms with van der Waals surface area (Å²) in [5.74, 6) is 0. The van der Waals surface area contributed by atoms with Crippen LogP contribution < -0.4 is 5.73 Å². The Morgan fingerprint density at radius 1 is 0.800 bits per heavy atom. The van der Waals surface area contributed by atoms with Crippen molar-refractivity contribution in [2.75, 3.05) is 5.73 Å². The van der Waals surface area contributed by atoms with Gasteiger partial charge in [-0.1, -0.05) is 40.2 Å². The van der Waals surface area contributed by atoms with Gasteiger partial charge in [-0.2, -0.15) is 10.2 Å². The van der Waals surface area contributed by atoms with Gasteiger partial charge in [0.2, 0.25) is 0 Å². The van der Waals surface area contributed by atoms with Gasteiger partial charge < -0.3 is 5.73 Å². The third kappa shape index (κ3) is 3.78. The molecule has 0 aromatic heterocycles. The molecule has 2 aromatic rings. The molecule has 0 aliphatic heterocycles. The Kier molecular flexibility index (Phi) is 4.69. The molecule has 20 heavy (non-hydrogen) atoms. The summed E-state index contributed by atoms with van der Waals surface area (Å²) in [5, 5.41) is 8.56. The van der Waals surface area contributed by atoms with Crippen LogP contribution >= 0.6 is 15.9 Å². The van der Waals surface area contributed by atoms with Crippen molar-refractivity contribution in [3.05, 3.63) is 64.1 Å². The predicted octanol–water partition coefficient (Wildman–Crippen LogP) is 4.26. The molecule has 0 saturated carbocycles. The number of anilines is 1. The average Bonchev–Trinajstić information content (AvgIpc) is 2.46. The smallest absolute Gasteiger partial charge is 0.0671 e. The number of hydrogen-bond donors (Lipinski definition) is 1. The normalized spacial score (nSPS) is 12.6. The highest BCUT2D eigenvalue weighted by atomic mass is 79.9. The SMILES string of the molecule is CC(=NN=C(C)c1ccc(Br)cc1)c1ccc(N)cc1. The van der Waals surface area contributed by atoms with Crippen molar-refractivity contribution in [2.24, 2.45) is 10.2 Å². The largest absolute Gasteiger partial charge is 0.399 e. The molecule has 2 N–H and O–H groups in total. The lowest BCUT2D eigenvalue weighted by molar-refractivity contribution is 1.22. The third-order valence-corrected chi connectivity index (χ3v) is 3.47. The first kappa shape index (κ1) is 14.5. The fourth-order valence-corrected chi connectivity index (χ4v) is 1.95. The zero-order valence-corrected chi connectivity index (χ0v) is 13.1. The molecule has 0 aliphatic rings. The Morgan fingerprint density at radius 2 is 1.20 bits per heavy atom. The first-order chi connectivity index (χ1) is 9.56. The summed E-state index contributed by atoms with van der Waals surface area (Å²) in [7, 11) is 0. The average molecular weight is 330 g/mol. The first-order valence-electron chi connectivity index (χ1n) is 6.27. The van der Waals surface area contributed by atoms with Crippen LogP contribution in [-0.4, -0.2) is 11.4 Å². The van der Waals surface area contributed by atoms with Crippen LogP contribution in [-0.2, 0) is 0 Å². The highest BCUT2D eigenvalue weighted by Crippen LogP contribution is 2.12. The lowest BCUT2D eigenvalue weighted by Crippen LogP contribution is -1.97. The van der Waals surface area contributed by atoms with E-state index in [-0.39, 0.29) is 0 Å². The van der Waals surface area contributed by atoms with E-state index in [1.807, 2.05) is 62.4 Å². The van der Waals surface area contributed by atoms with Gasteiger partial charge in [0, 0.05) is 10.2 Å². The number of nitrogen functional groups attached to an aromatic ring is 1. The Morgan fingerprint density at radius 3 is 1.65 bits per heavy atom. The second-order valence-corrected chi connectivity index (χ2v) is 5.42. The highest BCUT2D eigenvalue weighted by molar-refractivity contribution is 9.10. The minimum absolute atomic E-state index is 0.746. The molecule has 0 spiro atoms. The third-order valence-electron chi connectivity index (χ3n) is 2.94. The van der Waals surface area contributed by atoms with E-state index in [1.165, 1.54) is 0 Å². The van der Waals surface area contributed by atoms with Gasteiger partial charge in [-0.25, -0.2) is 0 Å². The maximum absolute atomic E-state index is 5.67. The fourth-order valence-electron chi connectivity index (χ4n) is 1.68. The standard InChI is InChI=1S/C16H16BrN3/c1-11(13-3-7-15(17)8-4-13)19-20-12(2)14-5-9-16(18)10-6-14/h3-10H,18H2,1-2H3. The molecule has 2 rings (SSSR count). The van der Waals surface area contributed by atoms with Crippen LogP contribution in [0.2, 0.25) is 0 Å². The Labute approximate surface area is 127 Å². The summed E-state index contributed by atoms with van der Waals surface area (Å²) in [5.41, 5.74) is 10.2. The number of rotatable bonds is 3. The van der Waals surface area contributed by atoms with E-state index in [1.54, 1.807) is 0 Å². The maximum atomic E-state index is 5.67. The van der Waals surface area contributed by atoms with Crippen LogP contribution in [0.15, 0.2) is 63.2 Å². The van der Waals surface area contributed by atoms with E-state index in [0.29, 0.717) is 0 Å². The Bertz CT molecular complexity index is 581. The summed E-state index contributed by atoms with van der Waals surface area (Å²) in [6.07, 6.45) is 0. The number of nitrogens with zero attached hydrogens (tertiary/aromatic N) is 2. The van der Waals surface area contributed by atoms with Crippen molar-refractivity contribution >= 4 is 33.0 Å². The molecular formula is C16H16BrN3. The van der Waals surface area contributed by atoms with Gasteiger partial charge in [0.15, 0.2) is 0 Å². The van der Waals surface area contributed by atoms with Gasteiger partial charge >= 0.3 is 0 Å². The molecule has 0 atom stereocenters. The molecule has 0 radical (unpaired) electrons. The fraction of sp³-hybridized carbons (Fsp3) is 0.125. The summed E-state index contributed by atoms with van der Waals surface area (Å²) in [6, 6.07) is 15.6. The summed E-state index contributed by atoms with van der Waals surface area (Å²) < 4.78 is 1.05. The minimum atomic E-state index is 0.746. The molecule has 0 saturated heterocycles. The molecule has 0 amide bonds. The van der Waals surface area contributed by atoms with Gasteiger partial charge in [0.1, 0.15) is 0 Å². The molecule has 2 aromatic carbocycles. The Balaban J connectivity index is 2.19. The van der Waals surface area contributed by atoms with Crippen molar-refractivity contribution in [2.45, 2.75) is 13.8 Å². The van der Waals surface area contributed by atoms with E-state index < -0.39 is 0 Å². The topological polar surface area (TPSA) is 50.7 Å². The van der Waals surface area contributed by atoms with Crippen LogP contribution in [0, 0.1) is 0 Å². The summed E-state index contributed by atoms with van der Waals surface area (Å²) in [6.45, 7) is 3.88. The second-order valence-electron chi connectivity index (χ2n) is 4.50. The van der Waals surface area contributed by atoms with Gasteiger partial charge in [-0.3, -0.25) is 0 Å². The van der Waals surface area contributed by atoms with Crippen LogP contribution in [0.1, 0.15) is 25.0 Å². The van der Waals surface area contributed by atoms with E-state index >= 15 is 0 Å².